The fourth-order valence-corrected chi connectivity index (χ4v) is 3.23. The zero-order chi connectivity index (χ0) is 18.3. The number of nitro benzene ring substituents is 1. The van der Waals surface area contributed by atoms with Crippen LogP contribution in [0.4, 0.5) is 16.0 Å². The first kappa shape index (κ1) is 16.4. The Balaban J connectivity index is 1.85. The lowest BCUT2D eigenvalue weighted by atomic mass is 10.0. The number of halogens is 2. The van der Waals surface area contributed by atoms with Gasteiger partial charge >= 0.3 is 0 Å². The van der Waals surface area contributed by atoms with Crippen molar-refractivity contribution in [3.05, 3.63) is 86.4 Å². The van der Waals surface area contributed by atoms with Gasteiger partial charge in [0.05, 0.1) is 4.92 Å². The Morgan fingerprint density at radius 1 is 1.27 bits per heavy atom. The number of benzene rings is 2. The molecule has 4 rings (SSSR count). The summed E-state index contributed by atoms with van der Waals surface area (Å²) in [7, 11) is 0. The summed E-state index contributed by atoms with van der Waals surface area (Å²) in [6.45, 7) is 0. The van der Waals surface area contributed by atoms with Gasteiger partial charge < -0.3 is 5.32 Å². The largest absolute Gasteiger partial charge is 0.324 e. The Morgan fingerprint density at radius 3 is 2.92 bits per heavy atom. The van der Waals surface area contributed by atoms with Gasteiger partial charge in [0.1, 0.15) is 18.2 Å². The molecule has 0 unspecified atom stereocenters. The van der Waals surface area contributed by atoms with Crippen molar-refractivity contribution in [3.8, 4) is 0 Å². The van der Waals surface area contributed by atoms with E-state index in [0.717, 1.165) is 4.47 Å². The molecule has 1 atom stereocenters. The van der Waals surface area contributed by atoms with Crippen LogP contribution in [0.3, 0.4) is 0 Å². The number of nitrogens with one attached hydrogen (secondary N) is 1. The summed E-state index contributed by atoms with van der Waals surface area (Å²) >= 11 is 3.36. The van der Waals surface area contributed by atoms with Crippen LogP contribution >= 0.6 is 15.9 Å². The van der Waals surface area contributed by atoms with Crippen LogP contribution in [0.15, 0.2) is 59.3 Å². The predicted octanol–water partition coefficient (Wildman–Crippen LogP) is 4.14. The summed E-state index contributed by atoms with van der Waals surface area (Å²) in [6, 6.07) is 10.3. The van der Waals surface area contributed by atoms with E-state index in [1.807, 2.05) is 0 Å². The molecule has 1 N–H and O–H groups in total. The summed E-state index contributed by atoms with van der Waals surface area (Å²) in [5.74, 6) is 0.0505. The van der Waals surface area contributed by atoms with Crippen molar-refractivity contribution in [1.82, 2.24) is 14.8 Å². The molecule has 1 aliphatic rings. The number of hydrogen-bond acceptors (Lipinski definition) is 5. The topological polar surface area (TPSA) is 85.9 Å². The van der Waals surface area contributed by atoms with Crippen LogP contribution in [0.25, 0.3) is 5.70 Å². The van der Waals surface area contributed by atoms with E-state index in [-0.39, 0.29) is 11.5 Å². The van der Waals surface area contributed by atoms with Gasteiger partial charge in [0, 0.05) is 33.4 Å². The first-order valence-electron chi connectivity index (χ1n) is 7.61. The van der Waals surface area contributed by atoms with Gasteiger partial charge in [0.25, 0.3) is 5.69 Å². The van der Waals surface area contributed by atoms with Gasteiger partial charge in [-0.2, -0.15) is 10.1 Å². The van der Waals surface area contributed by atoms with Crippen molar-refractivity contribution in [2.45, 2.75) is 6.04 Å². The standard InChI is InChI=1S/C17H11BrFN5O2/c18-11-4-5-14(19)13(7-11)16-8-15(22-17-20-9-21-23(16)17)10-2-1-3-12(6-10)24(25)26/h1-9,16H,(H,20,21,22)/t16-/m0/s1. The third-order valence-electron chi connectivity index (χ3n) is 4.05. The minimum atomic E-state index is -0.541. The van der Waals surface area contributed by atoms with E-state index in [0.29, 0.717) is 22.8 Å². The van der Waals surface area contributed by atoms with Crippen LogP contribution in [-0.4, -0.2) is 19.7 Å². The van der Waals surface area contributed by atoms with Crippen LogP contribution in [0.5, 0.6) is 0 Å². The molecule has 9 heteroatoms. The molecule has 1 aromatic heterocycles. The molecule has 0 bridgehead atoms. The molecule has 26 heavy (non-hydrogen) atoms. The number of aromatic nitrogens is 3. The molecule has 0 radical (unpaired) electrons. The van der Waals surface area contributed by atoms with Crippen LogP contribution in [0, 0.1) is 15.9 Å². The molecule has 7 nitrogen and oxygen atoms in total. The molecular weight excluding hydrogens is 405 g/mol. The first-order valence-corrected chi connectivity index (χ1v) is 8.40. The molecular formula is C17H11BrFN5O2. The lowest BCUT2D eigenvalue weighted by molar-refractivity contribution is -0.384. The molecule has 0 saturated carbocycles. The molecule has 2 heterocycles. The van der Waals surface area contributed by atoms with Crippen molar-refractivity contribution in [2.24, 2.45) is 0 Å². The highest BCUT2D eigenvalue weighted by Crippen LogP contribution is 2.34. The number of nitro groups is 1. The second-order valence-electron chi connectivity index (χ2n) is 5.65. The number of fused-ring (bicyclic) bond motifs is 1. The highest BCUT2D eigenvalue weighted by Gasteiger charge is 2.26. The van der Waals surface area contributed by atoms with Gasteiger partial charge in [-0.25, -0.2) is 9.07 Å². The minimum Gasteiger partial charge on any atom is -0.324 e. The van der Waals surface area contributed by atoms with Gasteiger partial charge in [-0.3, -0.25) is 10.1 Å². The second-order valence-corrected chi connectivity index (χ2v) is 6.57. The molecule has 0 aliphatic carbocycles. The van der Waals surface area contributed by atoms with Crippen LogP contribution in [0.1, 0.15) is 17.2 Å². The van der Waals surface area contributed by atoms with E-state index in [2.05, 4.69) is 31.3 Å². The molecule has 130 valence electrons. The molecule has 0 spiro atoms. The van der Waals surface area contributed by atoms with Gasteiger partial charge in [-0.15, -0.1) is 0 Å². The highest BCUT2D eigenvalue weighted by molar-refractivity contribution is 9.10. The van der Waals surface area contributed by atoms with Gasteiger partial charge in [-0.05, 0) is 24.3 Å². The van der Waals surface area contributed by atoms with Crippen LogP contribution < -0.4 is 5.32 Å². The monoisotopic (exact) mass is 415 g/mol. The third-order valence-corrected chi connectivity index (χ3v) is 4.55. The Kier molecular flexibility index (Phi) is 4.00. The quantitative estimate of drug-likeness (QED) is 0.512. The van der Waals surface area contributed by atoms with E-state index in [9.17, 15) is 14.5 Å². The van der Waals surface area contributed by atoms with Gasteiger partial charge in [0.2, 0.25) is 5.95 Å². The summed E-state index contributed by atoms with van der Waals surface area (Å²) in [4.78, 5) is 14.7. The molecule has 0 amide bonds. The number of allylic oxidation sites excluding steroid dienone is 1. The summed E-state index contributed by atoms with van der Waals surface area (Å²) in [5.41, 5.74) is 1.59. The summed E-state index contributed by atoms with van der Waals surface area (Å²) in [6.07, 6.45) is 3.14. The molecule has 2 aromatic carbocycles. The average Bonchev–Trinajstić information content (AvgIpc) is 3.11. The highest BCUT2D eigenvalue weighted by atomic mass is 79.9. The number of anilines is 1. The normalized spacial score (nSPS) is 15.8. The number of rotatable bonds is 3. The van der Waals surface area contributed by atoms with Crippen molar-refractivity contribution in [3.63, 3.8) is 0 Å². The average molecular weight is 416 g/mol. The van der Waals surface area contributed by atoms with Crippen molar-refractivity contribution in [2.75, 3.05) is 5.32 Å². The molecule has 0 fully saturated rings. The van der Waals surface area contributed by atoms with Crippen molar-refractivity contribution >= 4 is 33.3 Å². The maximum absolute atomic E-state index is 14.4. The Morgan fingerprint density at radius 2 is 2.12 bits per heavy atom. The Bertz CT molecular complexity index is 1050. The lowest BCUT2D eigenvalue weighted by Gasteiger charge is -2.24. The van der Waals surface area contributed by atoms with E-state index in [4.69, 9.17) is 0 Å². The zero-order valence-electron chi connectivity index (χ0n) is 13.1. The van der Waals surface area contributed by atoms with E-state index in [1.165, 1.54) is 24.5 Å². The van der Waals surface area contributed by atoms with E-state index < -0.39 is 11.0 Å². The number of nitrogens with zero attached hydrogens (tertiary/aromatic N) is 4. The fraction of sp³-hybridized carbons (Fsp3) is 0.0588. The van der Waals surface area contributed by atoms with E-state index in [1.54, 1.807) is 35.0 Å². The molecule has 0 saturated heterocycles. The Hall–Kier alpha value is -3.07. The fourth-order valence-electron chi connectivity index (χ4n) is 2.85. The maximum atomic E-state index is 14.4. The summed E-state index contributed by atoms with van der Waals surface area (Å²) < 4.78 is 16.7. The lowest BCUT2D eigenvalue weighted by Crippen LogP contribution is -2.21. The first-order chi connectivity index (χ1) is 12.5. The van der Waals surface area contributed by atoms with E-state index >= 15 is 0 Å². The molecule has 1 aliphatic heterocycles. The smallest absolute Gasteiger partial charge is 0.270 e. The SMILES string of the molecule is O=[N+]([O-])c1cccc(C2=C[C@@H](c3cc(Br)ccc3F)n3ncnc3N2)c1. The van der Waals surface area contributed by atoms with Gasteiger partial charge in [0.15, 0.2) is 0 Å². The zero-order valence-corrected chi connectivity index (χ0v) is 14.7. The number of hydrogen-bond donors (Lipinski definition) is 1. The van der Waals surface area contributed by atoms with Crippen molar-refractivity contribution < 1.29 is 9.31 Å². The second kappa shape index (κ2) is 6.34. The minimum absolute atomic E-state index is 0.0255. The summed E-state index contributed by atoms with van der Waals surface area (Å²) in [5, 5.41) is 18.3. The Labute approximate surface area is 155 Å². The van der Waals surface area contributed by atoms with Crippen LogP contribution in [-0.2, 0) is 0 Å². The maximum Gasteiger partial charge on any atom is 0.270 e. The van der Waals surface area contributed by atoms with Gasteiger partial charge in [-0.1, -0.05) is 28.1 Å². The molecule has 3 aromatic rings. The van der Waals surface area contributed by atoms with Crippen LogP contribution in [0.2, 0.25) is 0 Å². The number of non-ortho nitro benzene ring substituents is 1. The van der Waals surface area contributed by atoms with Crippen molar-refractivity contribution in [1.29, 1.82) is 0 Å². The predicted molar refractivity (Wildman–Crippen MR) is 97.0 cm³/mol. The third kappa shape index (κ3) is 2.86.